The molecule has 4 aromatic carbocycles. The molecular formula is C81H92N2O11S2. The van der Waals surface area contributed by atoms with Crippen molar-refractivity contribution in [1.29, 1.82) is 0 Å². The van der Waals surface area contributed by atoms with E-state index in [0.29, 0.717) is 59.5 Å². The molecule has 0 unspecified atom stereocenters. The summed E-state index contributed by atoms with van der Waals surface area (Å²) >= 11 is 0. The number of aromatic amines is 1. The van der Waals surface area contributed by atoms with Gasteiger partial charge in [0.1, 0.15) is 23.6 Å². The zero-order valence-electron chi connectivity index (χ0n) is 55.0. The van der Waals surface area contributed by atoms with Crippen molar-refractivity contribution < 1.29 is 54.4 Å². The standard InChI is InChI=1S/C81H92N2O11S2/c1-82-61-40-96-95-39-56-51-15-11-45-31-47-22-27-77(79(47,65(45)51)57-16-14-50(85)33-53(56)57)68(86)55(61)34-54-58-37-78(74-23-5-9-46(74)13-18-63-73-24-20-49(35-73)76(25-19-41-8-4-10-62(41)93-76)26-21-48(73)36-75(63,78)29-28-74)72(88)81(90)80(58,89)70(92-69(54)77)67(94-81)71(87)91-66-60(38-84)83-59-17-12-44-30-42-6-2-3-7-43(42)32-52(44)64(59)66/h2-3,6-7,12-14,16-19,21,25-26,30,32-33,41,45-49,51,54-56,58,61-63,65,67-70,72,82-86,88-90H,4-5,8-11,15,20,22-24,27-29,31,34-40H2,1H3/t41-,45+,46-,47-,48-,49-,51+,54+,55-,56+,58+,61+,62+,63-,65+,67-,68-,69-,70+,72-,73-,74-,75-,76-,77+,78-,79+,80-,81+/m1/s1. The predicted octanol–water partition coefficient (Wildman–Crippen LogP) is 12.6. The summed E-state index contributed by atoms with van der Waals surface area (Å²) in [6.45, 7) is -0.470. The summed E-state index contributed by atoms with van der Waals surface area (Å²) in [5.41, 5.74) is -3.06. The first kappa shape index (κ1) is 59.5. The molecule has 0 radical (unpaired) electrons. The minimum atomic E-state index is -2.73. The number of nitrogens with one attached hydrogen (secondary N) is 2. The van der Waals surface area contributed by atoms with Crippen molar-refractivity contribution in [2.75, 3.05) is 18.6 Å². The van der Waals surface area contributed by atoms with Crippen molar-refractivity contribution in [2.45, 2.75) is 200 Å². The maximum absolute atomic E-state index is 16.6. The molecule has 8 bridgehead atoms. The van der Waals surface area contributed by atoms with Crippen LogP contribution in [0.4, 0.5) is 0 Å². The predicted molar refractivity (Wildman–Crippen MR) is 367 cm³/mol. The van der Waals surface area contributed by atoms with Crippen molar-refractivity contribution in [3.8, 4) is 11.5 Å². The summed E-state index contributed by atoms with van der Waals surface area (Å²) in [6, 6.07) is 22.5. The van der Waals surface area contributed by atoms with Crippen LogP contribution in [0.15, 0.2) is 103 Å². The summed E-state index contributed by atoms with van der Waals surface area (Å²) < 4.78 is 30.0. The normalized spacial score (nSPS) is 51.8. The van der Waals surface area contributed by atoms with E-state index >= 15 is 20.1 Å². The van der Waals surface area contributed by atoms with Crippen molar-refractivity contribution in [1.82, 2.24) is 10.3 Å². The maximum Gasteiger partial charge on any atom is 0.343 e. The number of aliphatic hydroxyl groups is 5. The fourth-order valence-corrected chi connectivity index (χ4v) is 33.1. The first-order valence-corrected chi connectivity index (χ1v) is 40.1. The number of aromatic hydroxyl groups is 1. The number of benzene rings is 4. The second-order valence-corrected chi connectivity index (χ2v) is 37.4. The topological polar surface area (TPSA) is 203 Å². The molecule has 13 fully saturated rings. The van der Waals surface area contributed by atoms with Crippen LogP contribution in [0.2, 0.25) is 0 Å². The van der Waals surface area contributed by atoms with Gasteiger partial charge in [-0.05, 0) is 255 Å². The van der Waals surface area contributed by atoms with Crippen molar-refractivity contribution in [2.24, 2.45) is 98.1 Å². The lowest BCUT2D eigenvalue weighted by atomic mass is 9.36. The Hall–Kier alpha value is -4.23. The quantitative estimate of drug-likeness (QED) is 0.0365. The van der Waals surface area contributed by atoms with Crippen LogP contribution in [-0.4, -0.2) is 120 Å². The molecule has 0 amide bonds. The van der Waals surface area contributed by atoms with E-state index in [9.17, 15) is 15.3 Å². The molecule has 504 valence electrons. The van der Waals surface area contributed by atoms with Crippen molar-refractivity contribution in [3.05, 3.63) is 120 Å². The third-order valence-electron chi connectivity index (χ3n) is 33.1. The van der Waals surface area contributed by atoms with E-state index in [2.05, 4.69) is 90.2 Å². The molecule has 5 aromatic rings. The van der Waals surface area contributed by atoms with Crippen LogP contribution >= 0.6 is 21.6 Å². The molecule has 13 aliphatic carbocycles. The summed E-state index contributed by atoms with van der Waals surface area (Å²) in [6.07, 6.45) is 26.8. The molecule has 10 saturated carbocycles. The Morgan fingerprint density at radius 2 is 1.59 bits per heavy atom. The highest BCUT2D eigenvalue weighted by atomic mass is 33.1. The van der Waals surface area contributed by atoms with Gasteiger partial charge in [-0.2, -0.15) is 0 Å². The highest BCUT2D eigenvalue weighted by molar-refractivity contribution is 8.76. The molecule has 18 aliphatic rings. The van der Waals surface area contributed by atoms with E-state index < -0.39 is 99.0 Å². The molecule has 3 saturated heterocycles. The minimum Gasteiger partial charge on any atom is -0.508 e. The summed E-state index contributed by atoms with van der Waals surface area (Å²) in [4.78, 5) is 20.0. The first-order chi connectivity index (χ1) is 46.7. The molecule has 7 spiro atoms. The molecule has 13 nitrogen and oxygen atoms in total. The number of aromatic nitrogens is 1. The molecule has 96 heavy (non-hydrogen) atoms. The van der Waals surface area contributed by atoms with E-state index in [4.69, 9.17) is 18.9 Å². The van der Waals surface area contributed by atoms with Gasteiger partial charge in [0.2, 0.25) is 5.79 Å². The Morgan fingerprint density at radius 3 is 2.47 bits per heavy atom. The number of rotatable bonds is 4. The smallest absolute Gasteiger partial charge is 0.343 e. The Bertz CT molecular complexity index is 4290. The zero-order chi connectivity index (χ0) is 64.2. The van der Waals surface area contributed by atoms with Gasteiger partial charge in [-0.3, -0.25) is 0 Å². The molecule has 23 rings (SSSR count). The fraction of sp³-hybridized carbons (Fsp3) is 0.642. The zero-order valence-corrected chi connectivity index (χ0v) is 56.6. The second kappa shape index (κ2) is 19.7. The molecular weight excluding hydrogens is 1240 g/mol. The number of esters is 1. The minimum absolute atomic E-state index is 0.0497. The summed E-state index contributed by atoms with van der Waals surface area (Å²) in [5, 5.41) is 91.4. The summed E-state index contributed by atoms with van der Waals surface area (Å²) in [7, 11) is 5.89. The Balaban J connectivity index is 0.766. The first-order valence-electron chi connectivity index (χ1n) is 37.6. The van der Waals surface area contributed by atoms with E-state index in [1.807, 2.05) is 51.9 Å². The van der Waals surface area contributed by atoms with Gasteiger partial charge in [-0.15, -0.1) is 0 Å². The van der Waals surface area contributed by atoms with Gasteiger partial charge >= 0.3 is 5.97 Å². The highest BCUT2D eigenvalue weighted by Gasteiger charge is 2.91. The van der Waals surface area contributed by atoms with Gasteiger partial charge in [0.05, 0.1) is 41.5 Å². The lowest BCUT2D eigenvalue weighted by Crippen LogP contribution is -2.83. The third kappa shape index (κ3) is 6.62. The largest absolute Gasteiger partial charge is 0.508 e. The van der Waals surface area contributed by atoms with Gasteiger partial charge < -0.3 is 59.9 Å². The molecule has 15 heteroatoms. The van der Waals surface area contributed by atoms with E-state index in [1.165, 1.54) is 24.0 Å². The van der Waals surface area contributed by atoms with Crippen LogP contribution in [-0.2, 0) is 31.0 Å². The SMILES string of the molecule is CN[C@H]1CSSC[C@@H]2c3cc(O)ccc3[C@]34[C@H](CC[C@@]35[C@H](O)[C@@H]1C[C@@H]1[C@H]5O[C@H]3[C@H](C(=O)Oc5c(CO)[nH]c6ccc7cc8ccccc8cc7c56)O[C@@]5(O)[C@H](O)[C@@]6(C[C@@H]1[C@@]35O)[C@@]13CC[C@@]65CCC[C@@H]5C=C[C@@H]1[C@]15CC[C@H](C1)[C@]1(C=C[C@@H]5C3)C=C[C@H]3CCC[C@@H]3O1)C[C@@H]1CC[C@@H]2[C@H]14. The van der Waals surface area contributed by atoms with Crippen molar-refractivity contribution in [3.63, 3.8) is 0 Å². The molecule has 6 heterocycles. The Kier molecular flexibility index (Phi) is 12.2. The van der Waals surface area contributed by atoms with E-state index in [0.717, 1.165) is 123 Å². The fourth-order valence-electron chi connectivity index (χ4n) is 30.3. The average molecular weight is 1330 g/mol. The van der Waals surface area contributed by atoms with Gasteiger partial charge in [0, 0.05) is 51.5 Å². The average Bonchev–Trinajstić information content (AvgIpc) is 1.43. The van der Waals surface area contributed by atoms with Crippen LogP contribution in [0.5, 0.6) is 11.5 Å². The van der Waals surface area contributed by atoms with Crippen molar-refractivity contribution >= 4 is 60.0 Å². The number of carbonyl (C=O) groups excluding carboxylic acids is 1. The monoisotopic (exact) mass is 1330 g/mol. The molecule has 8 N–H and O–H groups in total. The third-order valence-corrected chi connectivity index (χ3v) is 35.6. The number of hydrogen-bond donors (Lipinski definition) is 8. The lowest BCUT2D eigenvalue weighted by Gasteiger charge is -2.72. The highest BCUT2D eigenvalue weighted by Crippen LogP contribution is 2.89. The number of allylic oxidation sites excluding steroid dienone is 3. The van der Waals surface area contributed by atoms with Gasteiger partial charge in [-0.1, -0.05) is 107 Å². The van der Waals surface area contributed by atoms with Crippen LogP contribution in [0.3, 0.4) is 0 Å². The van der Waals surface area contributed by atoms with Gasteiger partial charge in [-0.25, -0.2) is 4.79 Å². The maximum atomic E-state index is 16.6. The number of phenolic OH excluding ortho intramolecular Hbond substituents is 1. The number of hydrogen-bond acceptors (Lipinski definition) is 14. The lowest BCUT2D eigenvalue weighted by molar-refractivity contribution is -0.411. The Labute approximate surface area is 569 Å². The van der Waals surface area contributed by atoms with Crippen LogP contribution in [0.1, 0.15) is 145 Å². The number of phenols is 1. The number of H-pyrrole nitrogens is 1. The van der Waals surface area contributed by atoms with Crippen LogP contribution < -0.4 is 10.1 Å². The number of fused-ring (bicyclic) bond motifs is 13. The van der Waals surface area contributed by atoms with E-state index in [-0.39, 0.29) is 70.5 Å². The number of carbonyl (C=O) groups is 1. The second-order valence-electron chi connectivity index (χ2n) is 34.9. The van der Waals surface area contributed by atoms with E-state index in [1.54, 1.807) is 0 Å². The van der Waals surface area contributed by atoms with Gasteiger partial charge in [0.25, 0.3) is 0 Å². The molecule has 5 aliphatic heterocycles. The van der Waals surface area contributed by atoms with Crippen LogP contribution in [0.25, 0.3) is 32.4 Å². The Morgan fingerprint density at radius 1 is 0.750 bits per heavy atom. The molecule has 29 atom stereocenters. The summed E-state index contributed by atoms with van der Waals surface area (Å²) in [5.74, 6) is -0.485. The van der Waals surface area contributed by atoms with Gasteiger partial charge in [0.15, 0.2) is 17.5 Å². The number of aliphatic hydroxyl groups excluding tert-OH is 3. The molecule has 1 aromatic heterocycles. The van der Waals surface area contributed by atoms with Crippen LogP contribution in [0, 0.1) is 98.1 Å². The number of ether oxygens (including phenoxy) is 4.